The van der Waals surface area contributed by atoms with Crippen LogP contribution in [-0.4, -0.2) is 19.2 Å². The lowest BCUT2D eigenvalue weighted by molar-refractivity contribution is 0.268. The van der Waals surface area contributed by atoms with Gasteiger partial charge in [0, 0.05) is 11.5 Å². The Labute approximate surface area is 150 Å². The minimum absolute atomic E-state index is 0.168. The summed E-state index contributed by atoms with van der Waals surface area (Å²) in [4.78, 5) is 0. The molecule has 25 heavy (non-hydrogen) atoms. The molecule has 2 nitrogen and oxygen atoms in total. The number of rotatable bonds is 6. The van der Waals surface area contributed by atoms with Gasteiger partial charge >= 0.3 is 0 Å². The van der Waals surface area contributed by atoms with Crippen molar-refractivity contribution in [2.45, 2.75) is 51.0 Å². The van der Waals surface area contributed by atoms with Gasteiger partial charge in [0.15, 0.2) is 0 Å². The molecule has 1 fully saturated rings. The van der Waals surface area contributed by atoms with E-state index in [1.807, 2.05) is 24.3 Å². The summed E-state index contributed by atoms with van der Waals surface area (Å²) in [5.74, 6) is 0.713. The number of ether oxygens (including phenoxy) is 1. The molecule has 0 amide bonds. The van der Waals surface area contributed by atoms with Crippen molar-refractivity contribution in [2.75, 3.05) is 13.2 Å². The Morgan fingerprint density at radius 3 is 2.24 bits per heavy atom. The fourth-order valence-corrected chi connectivity index (χ4v) is 3.49. The molecule has 2 aromatic rings. The summed E-state index contributed by atoms with van der Waals surface area (Å²) < 4.78 is 19.1. The number of halogens is 1. The molecule has 1 aliphatic heterocycles. The van der Waals surface area contributed by atoms with E-state index < -0.39 is 0 Å². The zero-order chi connectivity index (χ0) is 17.7. The standard InChI is InChI=1S/C22H28FNO/c1-22(2,17-6-10-19(23)11-7-17)18-8-12-21(13-9-18)25-16-14-20-5-3-4-15-24-20/h6-13,20,24H,3-5,14-16H2,1-2H3. The van der Waals surface area contributed by atoms with E-state index >= 15 is 0 Å². The molecule has 1 atom stereocenters. The van der Waals surface area contributed by atoms with Gasteiger partial charge in [-0.3, -0.25) is 0 Å². The van der Waals surface area contributed by atoms with E-state index in [2.05, 4.69) is 31.3 Å². The molecular weight excluding hydrogens is 313 g/mol. The first-order chi connectivity index (χ1) is 12.1. The van der Waals surface area contributed by atoms with E-state index in [4.69, 9.17) is 4.74 Å². The van der Waals surface area contributed by atoms with Crippen LogP contribution in [0.1, 0.15) is 50.7 Å². The molecule has 0 aliphatic carbocycles. The number of hydrogen-bond acceptors (Lipinski definition) is 2. The summed E-state index contributed by atoms with van der Waals surface area (Å²) in [5, 5.41) is 3.55. The highest BCUT2D eigenvalue weighted by atomic mass is 19.1. The third-order valence-corrected chi connectivity index (χ3v) is 5.29. The van der Waals surface area contributed by atoms with Crippen molar-refractivity contribution in [3.05, 3.63) is 65.5 Å². The van der Waals surface area contributed by atoms with Crippen molar-refractivity contribution in [3.63, 3.8) is 0 Å². The van der Waals surface area contributed by atoms with Crippen molar-refractivity contribution in [2.24, 2.45) is 0 Å². The number of hydrogen-bond donors (Lipinski definition) is 1. The molecule has 0 aromatic heterocycles. The van der Waals surface area contributed by atoms with Crippen molar-refractivity contribution >= 4 is 0 Å². The topological polar surface area (TPSA) is 21.3 Å². The maximum Gasteiger partial charge on any atom is 0.123 e. The van der Waals surface area contributed by atoms with Crippen LogP contribution in [0.2, 0.25) is 0 Å². The monoisotopic (exact) mass is 341 g/mol. The van der Waals surface area contributed by atoms with Crippen LogP contribution < -0.4 is 10.1 Å². The van der Waals surface area contributed by atoms with Gasteiger partial charge in [-0.05, 0) is 61.2 Å². The Hall–Kier alpha value is -1.87. The van der Waals surface area contributed by atoms with Gasteiger partial charge in [-0.1, -0.05) is 44.5 Å². The van der Waals surface area contributed by atoms with Crippen LogP contribution in [0.15, 0.2) is 48.5 Å². The van der Waals surface area contributed by atoms with Gasteiger partial charge in [-0.25, -0.2) is 4.39 Å². The quantitative estimate of drug-likeness (QED) is 0.793. The average Bonchev–Trinajstić information content (AvgIpc) is 2.63. The number of nitrogens with one attached hydrogen (secondary N) is 1. The Morgan fingerprint density at radius 2 is 1.64 bits per heavy atom. The van der Waals surface area contributed by atoms with E-state index in [1.54, 1.807) is 0 Å². The maximum absolute atomic E-state index is 13.2. The zero-order valence-electron chi connectivity index (χ0n) is 15.2. The third kappa shape index (κ3) is 4.60. The Kier molecular flexibility index (Phi) is 5.74. The summed E-state index contributed by atoms with van der Waals surface area (Å²) >= 11 is 0. The van der Waals surface area contributed by atoms with Gasteiger partial charge in [0.1, 0.15) is 11.6 Å². The number of piperidine rings is 1. The Balaban J connectivity index is 1.58. The summed E-state index contributed by atoms with van der Waals surface area (Å²) in [6.07, 6.45) is 4.93. The minimum Gasteiger partial charge on any atom is -0.494 e. The second-order valence-corrected chi connectivity index (χ2v) is 7.44. The molecule has 0 bridgehead atoms. The van der Waals surface area contributed by atoms with Gasteiger partial charge in [0.2, 0.25) is 0 Å². The molecule has 1 heterocycles. The van der Waals surface area contributed by atoms with E-state index in [0.29, 0.717) is 6.04 Å². The lowest BCUT2D eigenvalue weighted by Gasteiger charge is -2.26. The van der Waals surface area contributed by atoms with Crippen LogP contribution >= 0.6 is 0 Å². The molecule has 1 N–H and O–H groups in total. The molecule has 0 radical (unpaired) electrons. The second kappa shape index (κ2) is 8.01. The molecule has 2 aromatic carbocycles. The third-order valence-electron chi connectivity index (χ3n) is 5.29. The van der Waals surface area contributed by atoms with Crippen molar-refractivity contribution in [1.82, 2.24) is 5.32 Å². The van der Waals surface area contributed by atoms with E-state index in [0.717, 1.165) is 30.9 Å². The fraction of sp³-hybridized carbons (Fsp3) is 0.455. The molecule has 3 heteroatoms. The highest BCUT2D eigenvalue weighted by molar-refractivity contribution is 5.40. The predicted molar refractivity (Wildman–Crippen MR) is 101 cm³/mol. The first-order valence-corrected chi connectivity index (χ1v) is 9.28. The fourth-order valence-electron chi connectivity index (χ4n) is 3.49. The van der Waals surface area contributed by atoms with Gasteiger partial charge in [-0.2, -0.15) is 0 Å². The van der Waals surface area contributed by atoms with Crippen LogP contribution in [0, 0.1) is 5.82 Å². The average molecular weight is 341 g/mol. The first kappa shape index (κ1) is 17.9. The predicted octanol–water partition coefficient (Wildman–Crippen LogP) is 5.06. The van der Waals surface area contributed by atoms with Gasteiger partial charge in [0.05, 0.1) is 6.61 Å². The SMILES string of the molecule is CC(C)(c1ccc(F)cc1)c1ccc(OCCC2CCCCN2)cc1. The molecule has 1 aliphatic rings. The molecular formula is C22H28FNO. The molecule has 0 saturated carbocycles. The second-order valence-electron chi connectivity index (χ2n) is 7.44. The van der Waals surface area contributed by atoms with E-state index in [9.17, 15) is 4.39 Å². The Morgan fingerprint density at radius 1 is 1.00 bits per heavy atom. The van der Waals surface area contributed by atoms with Crippen LogP contribution in [-0.2, 0) is 5.41 Å². The lowest BCUT2D eigenvalue weighted by atomic mass is 9.78. The minimum atomic E-state index is -0.198. The highest BCUT2D eigenvalue weighted by Gasteiger charge is 2.23. The van der Waals surface area contributed by atoms with Crippen LogP contribution in [0.5, 0.6) is 5.75 Å². The summed E-state index contributed by atoms with van der Waals surface area (Å²) in [6, 6.07) is 15.7. The Bertz CT molecular complexity index is 657. The van der Waals surface area contributed by atoms with E-state index in [-0.39, 0.29) is 11.2 Å². The van der Waals surface area contributed by atoms with Gasteiger partial charge in [-0.15, -0.1) is 0 Å². The molecule has 1 saturated heterocycles. The summed E-state index contributed by atoms with van der Waals surface area (Å²) in [5.41, 5.74) is 2.13. The van der Waals surface area contributed by atoms with Crippen molar-refractivity contribution in [1.29, 1.82) is 0 Å². The van der Waals surface area contributed by atoms with Crippen molar-refractivity contribution < 1.29 is 9.13 Å². The van der Waals surface area contributed by atoms with Gasteiger partial charge < -0.3 is 10.1 Å². The normalized spacial score (nSPS) is 18.1. The molecule has 0 spiro atoms. The summed E-state index contributed by atoms with van der Waals surface area (Å²) in [7, 11) is 0. The van der Waals surface area contributed by atoms with Crippen LogP contribution in [0.4, 0.5) is 4.39 Å². The van der Waals surface area contributed by atoms with Gasteiger partial charge in [0.25, 0.3) is 0 Å². The smallest absolute Gasteiger partial charge is 0.123 e. The molecule has 3 rings (SSSR count). The number of benzene rings is 2. The lowest BCUT2D eigenvalue weighted by Crippen LogP contribution is -2.35. The molecule has 1 unspecified atom stereocenters. The molecule has 134 valence electrons. The van der Waals surface area contributed by atoms with Crippen molar-refractivity contribution in [3.8, 4) is 5.75 Å². The first-order valence-electron chi connectivity index (χ1n) is 9.28. The largest absolute Gasteiger partial charge is 0.494 e. The highest BCUT2D eigenvalue weighted by Crippen LogP contribution is 2.32. The zero-order valence-corrected chi connectivity index (χ0v) is 15.2. The maximum atomic E-state index is 13.2. The van der Waals surface area contributed by atoms with Crippen LogP contribution in [0.25, 0.3) is 0 Å². The van der Waals surface area contributed by atoms with E-state index in [1.165, 1.54) is 37.0 Å². The summed E-state index contributed by atoms with van der Waals surface area (Å²) in [6.45, 7) is 6.20. The van der Waals surface area contributed by atoms with Crippen LogP contribution in [0.3, 0.4) is 0 Å².